The molecule has 1 amide bonds. The van der Waals surface area contributed by atoms with Crippen molar-refractivity contribution < 1.29 is 4.79 Å². The molecule has 0 radical (unpaired) electrons. The normalized spacial score (nSPS) is 15.3. The van der Waals surface area contributed by atoms with Crippen LogP contribution in [-0.4, -0.2) is 27.4 Å². The Morgan fingerprint density at radius 2 is 2.13 bits per heavy atom. The van der Waals surface area contributed by atoms with Gasteiger partial charge in [0.25, 0.3) is 11.5 Å². The van der Waals surface area contributed by atoms with Gasteiger partial charge in [-0.25, -0.2) is 0 Å². The van der Waals surface area contributed by atoms with E-state index in [-0.39, 0.29) is 29.1 Å². The first-order valence-corrected chi connectivity index (χ1v) is 7.89. The Bertz CT molecular complexity index is 779. The highest BCUT2D eigenvalue weighted by atomic mass is 16.2. The molecule has 1 saturated carbocycles. The molecule has 2 heterocycles. The number of nitrogens with zero attached hydrogens (tertiary/aromatic N) is 3. The number of carbonyl (C=O) groups excluding carboxylic acids is 1. The van der Waals surface area contributed by atoms with Crippen molar-refractivity contribution in [2.45, 2.75) is 38.8 Å². The molecular weight excluding hydrogens is 290 g/mol. The fraction of sp³-hybridized carbons (Fsp3) is 0.389. The summed E-state index contributed by atoms with van der Waals surface area (Å²) in [5, 5.41) is 0. The summed E-state index contributed by atoms with van der Waals surface area (Å²) in [4.78, 5) is 31.3. The second-order valence-electron chi connectivity index (χ2n) is 6.20. The average Bonchev–Trinajstić information content (AvgIpc) is 3.39. The first-order chi connectivity index (χ1) is 11.0. The minimum absolute atomic E-state index is 0.149. The van der Waals surface area contributed by atoms with Crippen molar-refractivity contribution in [1.82, 2.24) is 14.5 Å². The minimum atomic E-state index is -0.237. The molecule has 1 aliphatic carbocycles. The molecule has 23 heavy (non-hydrogen) atoms. The number of pyridine rings is 2. The standard InChI is InChI=1S/C18H21N3O2/c1-12-8-10-21(15-6-7-15)18(23)16(12)17(22)20(3)13(2)14-5-4-9-19-11-14/h4-5,8-11,13,15H,6-7H2,1-3H3. The maximum absolute atomic E-state index is 12.9. The van der Waals surface area contributed by atoms with Gasteiger partial charge in [-0.2, -0.15) is 0 Å². The predicted octanol–water partition coefficient (Wildman–Crippen LogP) is 2.72. The van der Waals surface area contributed by atoms with Gasteiger partial charge in [0.2, 0.25) is 0 Å². The Morgan fingerprint density at radius 3 is 2.74 bits per heavy atom. The molecule has 5 nitrogen and oxygen atoms in total. The summed E-state index contributed by atoms with van der Waals surface area (Å²) in [5.41, 5.74) is 1.77. The highest BCUT2D eigenvalue weighted by molar-refractivity contribution is 5.95. The Hall–Kier alpha value is -2.43. The highest BCUT2D eigenvalue weighted by Crippen LogP contribution is 2.33. The quantitative estimate of drug-likeness (QED) is 0.872. The lowest BCUT2D eigenvalue weighted by Gasteiger charge is -2.25. The van der Waals surface area contributed by atoms with Gasteiger partial charge < -0.3 is 9.47 Å². The van der Waals surface area contributed by atoms with Crippen LogP contribution in [0.25, 0.3) is 0 Å². The molecule has 3 rings (SSSR count). The molecule has 1 fully saturated rings. The molecule has 0 N–H and O–H groups in total. The van der Waals surface area contributed by atoms with Crippen LogP contribution in [0.5, 0.6) is 0 Å². The van der Waals surface area contributed by atoms with E-state index < -0.39 is 0 Å². The average molecular weight is 311 g/mol. The molecule has 0 saturated heterocycles. The van der Waals surface area contributed by atoms with Crippen LogP contribution in [0.1, 0.15) is 53.3 Å². The number of carbonyl (C=O) groups is 1. The summed E-state index contributed by atoms with van der Waals surface area (Å²) in [5.74, 6) is -0.237. The van der Waals surface area contributed by atoms with Gasteiger partial charge in [-0.3, -0.25) is 14.6 Å². The Labute approximate surface area is 135 Å². The van der Waals surface area contributed by atoms with Gasteiger partial charge in [-0.1, -0.05) is 6.07 Å². The van der Waals surface area contributed by atoms with E-state index >= 15 is 0 Å². The van der Waals surface area contributed by atoms with E-state index in [9.17, 15) is 9.59 Å². The van der Waals surface area contributed by atoms with Crippen molar-refractivity contribution in [2.75, 3.05) is 7.05 Å². The number of amides is 1. The predicted molar refractivity (Wildman–Crippen MR) is 88.5 cm³/mol. The maximum Gasteiger partial charge on any atom is 0.263 e. The molecule has 2 aromatic heterocycles. The van der Waals surface area contributed by atoms with Gasteiger partial charge in [0.1, 0.15) is 5.56 Å². The zero-order valence-electron chi connectivity index (χ0n) is 13.7. The monoisotopic (exact) mass is 311 g/mol. The van der Waals surface area contributed by atoms with Gasteiger partial charge in [0.15, 0.2) is 0 Å². The molecule has 0 bridgehead atoms. The molecule has 120 valence electrons. The van der Waals surface area contributed by atoms with Gasteiger partial charge in [0, 0.05) is 31.7 Å². The summed E-state index contributed by atoms with van der Waals surface area (Å²) in [6.45, 7) is 3.75. The largest absolute Gasteiger partial charge is 0.335 e. The van der Waals surface area contributed by atoms with E-state index in [0.717, 1.165) is 24.0 Å². The second-order valence-corrected chi connectivity index (χ2v) is 6.20. The third-order valence-electron chi connectivity index (χ3n) is 4.55. The van der Waals surface area contributed by atoms with Crippen molar-refractivity contribution >= 4 is 5.91 Å². The molecular formula is C18H21N3O2. The van der Waals surface area contributed by atoms with Crippen LogP contribution in [0.2, 0.25) is 0 Å². The second kappa shape index (κ2) is 5.99. The molecule has 0 spiro atoms. The Morgan fingerprint density at radius 1 is 1.39 bits per heavy atom. The van der Waals surface area contributed by atoms with Gasteiger partial charge >= 0.3 is 0 Å². The van der Waals surface area contributed by atoms with Crippen LogP contribution in [-0.2, 0) is 0 Å². The zero-order chi connectivity index (χ0) is 16.6. The maximum atomic E-state index is 12.9. The number of rotatable bonds is 4. The van der Waals surface area contributed by atoms with Crippen molar-refractivity contribution in [3.05, 3.63) is 63.8 Å². The number of hydrogen-bond acceptors (Lipinski definition) is 3. The SMILES string of the molecule is Cc1ccn(C2CC2)c(=O)c1C(=O)N(C)C(C)c1cccnc1. The van der Waals surface area contributed by atoms with Crippen LogP contribution in [0.4, 0.5) is 0 Å². The van der Waals surface area contributed by atoms with Crippen LogP contribution < -0.4 is 5.56 Å². The topological polar surface area (TPSA) is 55.2 Å². The van der Waals surface area contributed by atoms with E-state index in [1.54, 1.807) is 35.1 Å². The Balaban J connectivity index is 1.94. The fourth-order valence-electron chi connectivity index (χ4n) is 2.74. The highest BCUT2D eigenvalue weighted by Gasteiger charge is 2.29. The molecule has 0 aliphatic heterocycles. The number of hydrogen-bond donors (Lipinski definition) is 0. The van der Waals surface area contributed by atoms with Crippen molar-refractivity contribution in [2.24, 2.45) is 0 Å². The van der Waals surface area contributed by atoms with Crippen molar-refractivity contribution in [3.63, 3.8) is 0 Å². The molecule has 1 unspecified atom stereocenters. The molecule has 5 heteroatoms. The summed E-state index contributed by atoms with van der Waals surface area (Å²) in [6.07, 6.45) is 7.27. The van der Waals surface area contributed by atoms with Crippen LogP contribution in [0.3, 0.4) is 0 Å². The van der Waals surface area contributed by atoms with Crippen molar-refractivity contribution in [1.29, 1.82) is 0 Å². The fourth-order valence-corrected chi connectivity index (χ4v) is 2.74. The molecule has 1 aliphatic rings. The van der Waals surface area contributed by atoms with E-state index in [1.165, 1.54) is 0 Å². The molecule has 0 aromatic carbocycles. The minimum Gasteiger partial charge on any atom is -0.335 e. The van der Waals surface area contributed by atoms with E-state index in [1.807, 2.05) is 32.0 Å². The van der Waals surface area contributed by atoms with Gasteiger partial charge in [-0.15, -0.1) is 0 Å². The third kappa shape index (κ3) is 2.91. The van der Waals surface area contributed by atoms with Gasteiger partial charge in [-0.05, 0) is 49.9 Å². The third-order valence-corrected chi connectivity index (χ3v) is 4.55. The Kier molecular flexibility index (Phi) is 4.03. The summed E-state index contributed by atoms with van der Waals surface area (Å²) in [7, 11) is 1.73. The lowest BCUT2D eigenvalue weighted by Crippen LogP contribution is -2.36. The summed E-state index contributed by atoms with van der Waals surface area (Å²) in [6, 6.07) is 5.75. The molecule has 2 aromatic rings. The van der Waals surface area contributed by atoms with E-state index in [4.69, 9.17) is 0 Å². The summed E-state index contributed by atoms with van der Waals surface area (Å²) < 4.78 is 1.70. The molecule has 1 atom stereocenters. The van der Waals surface area contributed by atoms with E-state index in [2.05, 4.69) is 4.98 Å². The number of aromatic nitrogens is 2. The van der Waals surface area contributed by atoms with E-state index in [0.29, 0.717) is 0 Å². The van der Waals surface area contributed by atoms with Crippen LogP contribution >= 0.6 is 0 Å². The van der Waals surface area contributed by atoms with Crippen LogP contribution in [0.15, 0.2) is 41.6 Å². The summed E-state index contributed by atoms with van der Waals surface area (Å²) >= 11 is 0. The first-order valence-electron chi connectivity index (χ1n) is 7.89. The lowest BCUT2D eigenvalue weighted by molar-refractivity contribution is 0.0739. The lowest BCUT2D eigenvalue weighted by atomic mass is 10.1. The van der Waals surface area contributed by atoms with Crippen LogP contribution in [0, 0.1) is 6.92 Å². The van der Waals surface area contributed by atoms with Gasteiger partial charge in [0.05, 0.1) is 6.04 Å². The van der Waals surface area contributed by atoms with Crippen molar-refractivity contribution in [3.8, 4) is 0 Å². The first kappa shape index (κ1) is 15.5. The zero-order valence-corrected chi connectivity index (χ0v) is 13.7. The smallest absolute Gasteiger partial charge is 0.263 e. The number of aryl methyl sites for hydroxylation is 1.